The van der Waals surface area contributed by atoms with Crippen LogP contribution in [0.4, 0.5) is 0 Å². The number of carbonyl (C=O) groups excluding carboxylic acids is 1. The number of hydrogen-bond acceptors (Lipinski definition) is 4. The van der Waals surface area contributed by atoms with E-state index in [1.807, 2.05) is 24.3 Å². The summed E-state index contributed by atoms with van der Waals surface area (Å²) in [6, 6.07) is 10.7. The van der Waals surface area contributed by atoms with E-state index in [0.717, 1.165) is 5.75 Å². The number of amides is 1. The van der Waals surface area contributed by atoms with Gasteiger partial charge in [-0.15, -0.1) is 0 Å². The van der Waals surface area contributed by atoms with Crippen LogP contribution in [0.3, 0.4) is 0 Å². The molecule has 6 heteroatoms. The molecule has 1 aromatic heterocycles. The van der Waals surface area contributed by atoms with Crippen LogP contribution in [-0.2, 0) is 0 Å². The Morgan fingerprint density at radius 2 is 2.10 bits per heavy atom. The summed E-state index contributed by atoms with van der Waals surface area (Å²) in [6.07, 6.45) is 1.22. The number of rotatable bonds is 3. The second-order valence-corrected chi connectivity index (χ2v) is 4.96. The number of halogens is 1. The fourth-order valence-electron chi connectivity index (χ4n) is 1.98. The molecule has 108 valence electrons. The lowest BCUT2D eigenvalue weighted by molar-refractivity contribution is 0.0789. The summed E-state index contributed by atoms with van der Waals surface area (Å²) in [4.78, 5) is 15.8. The Morgan fingerprint density at radius 1 is 1.29 bits per heavy atom. The largest absolute Gasteiger partial charge is 0.486 e. The normalized spacial score (nSPS) is 16.3. The van der Waals surface area contributed by atoms with Crippen molar-refractivity contribution in [3.63, 3.8) is 0 Å². The molecule has 21 heavy (non-hydrogen) atoms. The molecule has 0 fully saturated rings. The molecule has 0 bridgehead atoms. The van der Waals surface area contributed by atoms with E-state index in [4.69, 9.17) is 21.1 Å². The Kier molecular flexibility index (Phi) is 3.92. The van der Waals surface area contributed by atoms with Crippen LogP contribution in [0.1, 0.15) is 10.4 Å². The number of benzene rings is 1. The number of para-hydroxylation sites is 2. The molecular weight excluding hydrogens is 292 g/mol. The molecule has 0 aliphatic carbocycles. The van der Waals surface area contributed by atoms with Crippen molar-refractivity contribution in [3.8, 4) is 11.5 Å². The average Bonchev–Trinajstić information content (AvgIpc) is 2.53. The number of ether oxygens (including phenoxy) is 2. The molecule has 3 rings (SSSR count). The van der Waals surface area contributed by atoms with Crippen LogP contribution < -0.4 is 14.8 Å². The van der Waals surface area contributed by atoms with Gasteiger partial charge in [-0.25, -0.2) is 4.98 Å². The molecule has 1 atom stereocenters. The number of carbonyl (C=O) groups is 1. The number of pyridine rings is 1. The summed E-state index contributed by atoms with van der Waals surface area (Å²) in [5.41, 5.74) is 0.455. The minimum Gasteiger partial charge on any atom is -0.486 e. The number of aromatic nitrogens is 1. The molecule has 1 aliphatic rings. The van der Waals surface area contributed by atoms with E-state index in [2.05, 4.69) is 10.3 Å². The van der Waals surface area contributed by atoms with Crippen LogP contribution in [0.2, 0.25) is 5.15 Å². The predicted molar refractivity (Wildman–Crippen MR) is 77.9 cm³/mol. The lowest BCUT2D eigenvalue weighted by atomic mass is 10.2. The summed E-state index contributed by atoms with van der Waals surface area (Å²) < 4.78 is 11.3. The lowest BCUT2D eigenvalue weighted by Crippen LogP contribution is -2.40. The van der Waals surface area contributed by atoms with Crippen molar-refractivity contribution in [2.75, 3.05) is 13.2 Å². The molecule has 1 amide bonds. The first kappa shape index (κ1) is 13.7. The zero-order chi connectivity index (χ0) is 14.7. The summed E-state index contributed by atoms with van der Waals surface area (Å²) in [5.74, 6) is 1.19. The van der Waals surface area contributed by atoms with E-state index in [1.165, 1.54) is 6.20 Å². The minimum absolute atomic E-state index is 0.218. The van der Waals surface area contributed by atoms with Crippen LogP contribution in [0, 0.1) is 0 Å². The minimum atomic E-state index is -0.221. The molecule has 5 nitrogen and oxygen atoms in total. The Balaban J connectivity index is 1.56. The standard InChI is InChI=1S/C15H13ClN2O3/c16-14-6-5-10(7-17-14)15(19)18-8-11-9-20-12-3-1-2-4-13(12)21-11/h1-7,11H,8-9H2,(H,18,19)/t11-/m1/s1. The van der Waals surface area contributed by atoms with E-state index >= 15 is 0 Å². The van der Waals surface area contributed by atoms with Crippen molar-refractivity contribution in [3.05, 3.63) is 53.3 Å². The van der Waals surface area contributed by atoms with E-state index in [-0.39, 0.29) is 12.0 Å². The summed E-state index contributed by atoms with van der Waals surface area (Å²) in [7, 11) is 0. The van der Waals surface area contributed by atoms with Crippen LogP contribution in [0.15, 0.2) is 42.6 Å². The van der Waals surface area contributed by atoms with Gasteiger partial charge in [0.2, 0.25) is 0 Å². The third-order valence-electron chi connectivity index (χ3n) is 3.05. The molecule has 1 aromatic carbocycles. The Labute approximate surface area is 126 Å². The SMILES string of the molecule is O=C(NC[C@@H]1COc2ccccc2O1)c1ccc(Cl)nc1. The summed E-state index contributed by atoms with van der Waals surface area (Å²) >= 11 is 5.68. The van der Waals surface area contributed by atoms with Gasteiger partial charge >= 0.3 is 0 Å². The van der Waals surface area contributed by atoms with Crippen LogP contribution in [0.5, 0.6) is 11.5 Å². The third-order valence-corrected chi connectivity index (χ3v) is 3.27. The highest BCUT2D eigenvalue weighted by Gasteiger charge is 2.21. The highest BCUT2D eigenvalue weighted by atomic mass is 35.5. The van der Waals surface area contributed by atoms with Gasteiger partial charge in [-0.3, -0.25) is 4.79 Å². The number of nitrogens with zero attached hydrogens (tertiary/aromatic N) is 1. The van der Waals surface area contributed by atoms with Gasteiger partial charge in [0.1, 0.15) is 17.9 Å². The summed E-state index contributed by atoms with van der Waals surface area (Å²) in [5, 5.41) is 3.15. The molecule has 1 N–H and O–H groups in total. The van der Waals surface area contributed by atoms with Gasteiger partial charge in [-0.1, -0.05) is 23.7 Å². The summed E-state index contributed by atoms with van der Waals surface area (Å²) in [6.45, 7) is 0.756. The van der Waals surface area contributed by atoms with E-state index < -0.39 is 0 Å². The Hall–Kier alpha value is -2.27. The smallest absolute Gasteiger partial charge is 0.252 e. The highest BCUT2D eigenvalue weighted by molar-refractivity contribution is 6.29. The second kappa shape index (κ2) is 6.01. The van der Waals surface area contributed by atoms with E-state index in [1.54, 1.807) is 12.1 Å². The van der Waals surface area contributed by atoms with Gasteiger partial charge < -0.3 is 14.8 Å². The van der Waals surface area contributed by atoms with Crippen LogP contribution in [0.25, 0.3) is 0 Å². The van der Waals surface area contributed by atoms with Gasteiger partial charge in [-0.2, -0.15) is 0 Å². The molecule has 1 aliphatic heterocycles. The highest BCUT2D eigenvalue weighted by Crippen LogP contribution is 2.30. The molecule has 0 saturated carbocycles. The van der Waals surface area contributed by atoms with Gasteiger partial charge in [-0.05, 0) is 24.3 Å². The second-order valence-electron chi connectivity index (χ2n) is 4.58. The lowest BCUT2D eigenvalue weighted by Gasteiger charge is -2.26. The molecule has 0 saturated heterocycles. The van der Waals surface area contributed by atoms with Crippen LogP contribution in [-0.4, -0.2) is 30.1 Å². The topological polar surface area (TPSA) is 60.5 Å². The van der Waals surface area contributed by atoms with Crippen molar-refractivity contribution in [1.82, 2.24) is 10.3 Å². The first-order valence-corrected chi connectivity index (χ1v) is 6.88. The van der Waals surface area contributed by atoms with Crippen molar-refractivity contribution in [2.24, 2.45) is 0 Å². The van der Waals surface area contributed by atoms with Crippen molar-refractivity contribution >= 4 is 17.5 Å². The van der Waals surface area contributed by atoms with Crippen molar-refractivity contribution in [2.45, 2.75) is 6.10 Å². The number of hydrogen-bond donors (Lipinski definition) is 1. The zero-order valence-electron chi connectivity index (χ0n) is 11.1. The van der Waals surface area contributed by atoms with E-state index in [9.17, 15) is 4.79 Å². The first-order valence-electron chi connectivity index (χ1n) is 6.50. The first-order chi connectivity index (χ1) is 10.2. The molecule has 0 spiro atoms. The zero-order valence-corrected chi connectivity index (χ0v) is 11.8. The molecule has 2 aromatic rings. The van der Waals surface area contributed by atoms with E-state index in [0.29, 0.717) is 29.6 Å². The van der Waals surface area contributed by atoms with Gasteiger partial charge in [0.25, 0.3) is 5.91 Å². The predicted octanol–water partition coefficient (Wildman–Crippen LogP) is 2.30. The van der Waals surface area contributed by atoms with Gasteiger partial charge in [0.15, 0.2) is 11.5 Å². The maximum atomic E-state index is 12.0. The van der Waals surface area contributed by atoms with Crippen molar-refractivity contribution < 1.29 is 14.3 Å². The Morgan fingerprint density at radius 3 is 2.86 bits per heavy atom. The maximum Gasteiger partial charge on any atom is 0.252 e. The van der Waals surface area contributed by atoms with Crippen LogP contribution >= 0.6 is 11.6 Å². The van der Waals surface area contributed by atoms with Crippen molar-refractivity contribution in [1.29, 1.82) is 0 Å². The number of nitrogens with one attached hydrogen (secondary N) is 1. The fourth-order valence-corrected chi connectivity index (χ4v) is 2.09. The Bertz CT molecular complexity index is 646. The molecule has 0 radical (unpaired) electrons. The molecular formula is C15H13ClN2O3. The molecule has 2 heterocycles. The third kappa shape index (κ3) is 3.25. The van der Waals surface area contributed by atoms with Gasteiger partial charge in [0, 0.05) is 6.20 Å². The average molecular weight is 305 g/mol. The number of fused-ring (bicyclic) bond motifs is 1. The quantitative estimate of drug-likeness (QED) is 0.884. The maximum absolute atomic E-state index is 12.0. The van der Waals surface area contributed by atoms with Gasteiger partial charge in [0.05, 0.1) is 12.1 Å². The monoisotopic (exact) mass is 304 g/mol. The molecule has 0 unspecified atom stereocenters. The fraction of sp³-hybridized carbons (Fsp3) is 0.200.